The van der Waals surface area contributed by atoms with E-state index in [2.05, 4.69) is 35.1 Å². The van der Waals surface area contributed by atoms with Crippen LogP contribution in [0.5, 0.6) is 0 Å². The van der Waals surface area contributed by atoms with Gasteiger partial charge in [0.05, 0.1) is 23.0 Å². The first kappa shape index (κ1) is 25.5. The average Bonchev–Trinajstić information content (AvgIpc) is 2.82. The van der Waals surface area contributed by atoms with Gasteiger partial charge >= 0.3 is 5.97 Å². The highest BCUT2D eigenvalue weighted by atomic mass is 16.5. The van der Waals surface area contributed by atoms with Gasteiger partial charge in [0, 0.05) is 18.8 Å². The van der Waals surface area contributed by atoms with Crippen LogP contribution >= 0.6 is 0 Å². The third-order valence-electron chi connectivity index (χ3n) is 6.14. The summed E-state index contributed by atoms with van der Waals surface area (Å²) in [6.45, 7) is 6.86. The van der Waals surface area contributed by atoms with Gasteiger partial charge in [-0.15, -0.1) is 0 Å². The van der Waals surface area contributed by atoms with E-state index in [9.17, 15) is 9.59 Å². The number of nitrogens with two attached hydrogens (primary N) is 1. The molecule has 34 heavy (non-hydrogen) atoms. The molecule has 184 valence electrons. The van der Waals surface area contributed by atoms with Crippen LogP contribution in [0.25, 0.3) is 0 Å². The van der Waals surface area contributed by atoms with Crippen molar-refractivity contribution in [2.24, 2.45) is 11.7 Å². The number of rotatable bonds is 11. The van der Waals surface area contributed by atoms with E-state index in [1.807, 2.05) is 19.1 Å². The molecule has 2 aromatic rings. The number of carbonyl (C=O) groups is 2. The van der Waals surface area contributed by atoms with E-state index in [0.29, 0.717) is 23.3 Å². The van der Waals surface area contributed by atoms with Gasteiger partial charge in [0.2, 0.25) is 5.91 Å². The van der Waals surface area contributed by atoms with Gasteiger partial charge in [0.15, 0.2) is 0 Å². The molecule has 1 aliphatic carbocycles. The van der Waals surface area contributed by atoms with Crippen molar-refractivity contribution in [3.05, 3.63) is 47.7 Å². The van der Waals surface area contributed by atoms with E-state index in [1.54, 1.807) is 12.1 Å². The Hall–Kier alpha value is -3.13. The zero-order valence-corrected chi connectivity index (χ0v) is 20.3. The summed E-state index contributed by atoms with van der Waals surface area (Å²) in [5.41, 5.74) is 8.51. The molecule has 0 spiro atoms. The molecule has 8 nitrogen and oxygen atoms in total. The van der Waals surface area contributed by atoms with Gasteiger partial charge in [-0.25, -0.2) is 9.78 Å². The van der Waals surface area contributed by atoms with E-state index >= 15 is 0 Å². The van der Waals surface area contributed by atoms with Gasteiger partial charge in [-0.2, -0.15) is 0 Å². The number of nitrogens with zero attached hydrogens (tertiary/aromatic N) is 2. The van der Waals surface area contributed by atoms with Crippen LogP contribution < -0.4 is 16.0 Å². The van der Waals surface area contributed by atoms with Crippen LogP contribution in [0.4, 0.5) is 17.2 Å². The number of amides is 1. The van der Waals surface area contributed by atoms with Crippen molar-refractivity contribution in [2.45, 2.75) is 65.0 Å². The van der Waals surface area contributed by atoms with Gasteiger partial charge in [-0.1, -0.05) is 39.2 Å². The third-order valence-corrected chi connectivity index (χ3v) is 6.14. The van der Waals surface area contributed by atoms with Crippen LogP contribution in [0.15, 0.2) is 36.5 Å². The van der Waals surface area contributed by atoms with Crippen molar-refractivity contribution in [1.29, 1.82) is 0 Å². The Kier molecular flexibility index (Phi) is 8.87. The second-order valence-electron chi connectivity index (χ2n) is 9.38. The van der Waals surface area contributed by atoms with Crippen LogP contribution in [-0.4, -0.2) is 41.2 Å². The minimum atomic E-state index is -0.999. The van der Waals surface area contributed by atoms with E-state index in [4.69, 9.17) is 15.6 Å². The molecule has 3 rings (SSSR count). The maximum atomic E-state index is 11.4. The van der Waals surface area contributed by atoms with Crippen LogP contribution in [0.2, 0.25) is 0 Å². The van der Waals surface area contributed by atoms with Crippen LogP contribution in [0.3, 0.4) is 0 Å². The number of hydrogen-bond acceptors (Lipinski definition) is 6. The second-order valence-corrected chi connectivity index (χ2v) is 9.38. The number of hydrogen-bond donors (Lipinski definition) is 3. The number of carbonyl (C=O) groups excluding carboxylic acids is 1. The molecule has 1 amide bonds. The number of benzene rings is 1. The zero-order chi connectivity index (χ0) is 24.7. The van der Waals surface area contributed by atoms with E-state index < -0.39 is 11.9 Å². The Morgan fingerprint density at radius 2 is 1.91 bits per heavy atom. The summed E-state index contributed by atoms with van der Waals surface area (Å²) in [5.74, 6) is -0.441. The lowest BCUT2D eigenvalue weighted by molar-refractivity contribution is -0.144. The lowest BCUT2D eigenvalue weighted by atomic mass is 9.92. The van der Waals surface area contributed by atoms with Gasteiger partial charge in [0.1, 0.15) is 12.4 Å². The first-order valence-electron chi connectivity index (χ1n) is 12.0. The molecule has 1 fully saturated rings. The molecular weight excluding hydrogens is 432 g/mol. The molecule has 0 radical (unpaired) electrons. The summed E-state index contributed by atoms with van der Waals surface area (Å²) in [6, 6.07) is 9.94. The standard InChI is InChI=1S/C26H36N4O4/c1-17(2)15-30(21-7-5-4-6-8-21)23-11-9-19(18(3)34-16-25(31)32)13-22(23)29-24-12-10-20(14-28-24)26(27)33/h9-14,17-18,21H,4-8,15-16H2,1-3H3,(H2,27,33)(H,28,29)(H,31,32). The molecule has 1 heterocycles. The van der Waals surface area contributed by atoms with Gasteiger partial charge in [-0.3, -0.25) is 4.79 Å². The Bertz CT molecular complexity index is 971. The smallest absolute Gasteiger partial charge is 0.329 e. The molecule has 1 aliphatic rings. The highest BCUT2D eigenvalue weighted by Gasteiger charge is 2.25. The minimum absolute atomic E-state index is 0.346. The molecule has 1 aromatic carbocycles. The maximum Gasteiger partial charge on any atom is 0.329 e. The summed E-state index contributed by atoms with van der Waals surface area (Å²) >= 11 is 0. The quantitative estimate of drug-likeness (QED) is 0.430. The normalized spacial score (nSPS) is 15.2. The van der Waals surface area contributed by atoms with Crippen molar-refractivity contribution in [3.63, 3.8) is 0 Å². The Labute approximate surface area is 201 Å². The minimum Gasteiger partial charge on any atom is -0.480 e. The van der Waals surface area contributed by atoms with Gasteiger partial charge < -0.3 is 25.8 Å². The Morgan fingerprint density at radius 1 is 1.18 bits per heavy atom. The number of anilines is 3. The zero-order valence-electron chi connectivity index (χ0n) is 20.3. The largest absolute Gasteiger partial charge is 0.480 e. The van der Waals surface area contributed by atoms with E-state index in [1.165, 1.54) is 25.5 Å². The number of carboxylic acids is 1. The third kappa shape index (κ3) is 6.93. The molecule has 8 heteroatoms. The predicted octanol–water partition coefficient (Wildman–Crippen LogP) is 4.88. The van der Waals surface area contributed by atoms with Crippen LogP contribution in [-0.2, 0) is 9.53 Å². The molecular formula is C26H36N4O4. The summed E-state index contributed by atoms with van der Waals surface area (Å²) in [5, 5.41) is 12.4. The molecule has 0 saturated heterocycles. The first-order chi connectivity index (χ1) is 16.2. The average molecular weight is 469 g/mol. The van der Waals surface area contributed by atoms with Gasteiger partial charge in [0.25, 0.3) is 0 Å². The lowest BCUT2D eigenvalue weighted by Crippen LogP contribution is -2.39. The predicted molar refractivity (Wildman–Crippen MR) is 134 cm³/mol. The topological polar surface area (TPSA) is 118 Å². The van der Waals surface area contributed by atoms with Crippen molar-refractivity contribution >= 4 is 29.1 Å². The Morgan fingerprint density at radius 3 is 2.50 bits per heavy atom. The number of aromatic nitrogens is 1. The van der Waals surface area contributed by atoms with Crippen molar-refractivity contribution in [1.82, 2.24) is 4.98 Å². The summed E-state index contributed by atoms with van der Waals surface area (Å²) in [4.78, 5) is 29.2. The van der Waals surface area contributed by atoms with Gasteiger partial charge in [-0.05, 0) is 55.5 Å². The molecule has 1 unspecified atom stereocenters. The first-order valence-corrected chi connectivity index (χ1v) is 12.0. The fourth-order valence-electron chi connectivity index (χ4n) is 4.43. The fraction of sp³-hybridized carbons (Fsp3) is 0.500. The highest BCUT2D eigenvalue weighted by molar-refractivity contribution is 5.92. The molecule has 1 atom stereocenters. The molecule has 4 N–H and O–H groups in total. The molecule has 1 aromatic heterocycles. The van der Waals surface area contributed by atoms with Crippen LogP contribution in [0.1, 0.15) is 74.9 Å². The fourth-order valence-corrected chi connectivity index (χ4v) is 4.43. The number of pyridine rings is 1. The monoisotopic (exact) mass is 468 g/mol. The van der Waals surface area contributed by atoms with Crippen molar-refractivity contribution in [2.75, 3.05) is 23.4 Å². The number of nitrogens with one attached hydrogen (secondary N) is 1. The van der Waals surface area contributed by atoms with Crippen molar-refractivity contribution in [3.8, 4) is 0 Å². The second kappa shape index (κ2) is 11.8. The lowest BCUT2D eigenvalue weighted by Gasteiger charge is -2.38. The Balaban J connectivity index is 1.98. The summed E-state index contributed by atoms with van der Waals surface area (Å²) in [7, 11) is 0. The summed E-state index contributed by atoms with van der Waals surface area (Å²) in [6.07, 6.45) is 7.15. The maximum absolute atomic E-state index is 11.4. The number of carboxylic acid groups (broad SMARTS) is 1. The van der Waals surface area contributed by atoms with E-state index in [0.717, 1.165) is 36.3 Å². The number of primary amides is 1. The summed E-state index contributed by atoms with van der Waals surface area (Å²) < 4.78 is 5.51. The SMILES string of the molecule is CC(C)CN(c1ccc(C(C)OCC(=O)O)cc1Nc1ccc(C(N)=O)cn1)C1CCCCC1. The molecule has 0 bridgehead atoms. The molecule has 1 saturated carbocycles. The highest BCUT2D eigenvalue weighted by Crippen LogP contribution is 2.36. The van der Waals surface area contributed by atoms with Crippen molar-refractivity contribution < 1.29 is 19.4 Å². The van der Waals surface area contributed by atoms with E-state index in [-0.39, 0.29) is 12.7 Å². The van der Waals surface area contributed by atoms with Crippen LogP contribution in [0, 0.1) is 5.92 Å². The molecule has 0 aliphatic heterocycles. The number of aliphatic carboxylic acids is 1. The number of ether oxygens (including phenoxy) is 1.